The third kappa shape index (κ3) is 2.80. The van der Waals surface area contributed by atoms with Gasteiger partial charge in [0.1, 0.15) is 11.5 Å². The van der Waals surface area contributed by atoms with Crippen molar-refractivity contribution in [3.05, 3.63) is 65.2 Å². The van der Waals surface area contributed by atoms with E-state index in [2.05, 4.69) is 0 Å². The van der Waals surface area contributed by atoms with Gasteiger partial charge in [-0.1, -0.05) is 42.5 Å². The second-order valence-electron chi connectivity index (χ2n) is 7.15. The number of para-hydroxylation sites is 1. The van der Waals surface area contributed by atoms with Gasteiger partial charge in [0.25, 0.3) is 0 Å². The Morgan fingerprint density at radius 3 is 2.50 bits per heavy atom. The van der Waals surface area contributed by atoms with Crippen molar-refractivity contribution in [2.75, 3.05) is 0 Å². The molecule has 2 aromatic carbocycles. The Hall–Kier alpha value is -2.60. The third-order valence-corrected chi connectivity index (χ3v) is 5.51. The van der Waals surface area contributed by atoms with E-state index in [1.165, 1.54) is 6.07 Å². The average Bonchev–Trinajstić information content (AvgIpc) is 3.44. The number of hydrogen-bond acceptors (Lipinski definition) is 4. The number of Topliss-reactive ketones (excluding diaryl/α,β-unsaturated/α-hetero) is 1. The lowest BCUT2D eigenvalue weighted by molar-refractivity contribution is -0.121. The number of hydrogen-bond donors (Lipinski definition) is 2. The van der Waals surface area contributed by atoms with Crippen molar-refractivity contribution in [3.8, 4) is 5.75 Å². The van der Waals surface area contributed by atoms with Crippen LogP contribution < -0.4 is 4.65 Å². The monoisotopic (exact) mass is 350 g/mol. The smallest absolute Gasteiger partial charge is 0.526 e. The topological polar surface area (TPSA) is 83.8 Å². The highest BCUT2D eigenvalue weighted by atomic mass is 16.5. The molecule has 1 atom stereocenters. The molecule has 1 fully saturated rings. The van der Waals surface area contributed by atoms with Crippen LogP contribution in [0.5, 0.6) is 5.75 Å². The fourth-order valence-corrected chi connectivity index (χ4v) is 3.87. The number of carbonyl (C=O) groups excluding carboxylic acids is 1. The highest BCUT2D eigenvalue weighted by molar-refractivity contribution is 6.47. The fraction of sp³-hybridized carbons (Fsp3) is 0.300. The molecular weight excluding hydrogens is 331 g/mol. The number of fused-ring (bicyclic) bond motifs is 1. The van der Waals surface area contributed by atoms with E-state index in [0.717, 1.165) is 24.0 Å². The molecule has 0 unspecified atom stereocenters. The number of aromatic carboxylic acids is 1. The summed E-state index contributed by atoms with van der Waals surface area (Å²) in [4.78, 5) is 24.3. The summed E-state index contributed by atoms with van der Waals surface area (Å²) in [5, 5.41) is 19.6. The number of carboxylic acid groups (broad SMARTS) is 1. The van der Waals surface area contributed by atoms with Crippen molar-refractivity contribution in [3.63, 3.8) is 0 Å². The van der Waals surface area contributed by atoms with Crippen molar-refractivity contribution >= 4 is 18.9 Å². The molecule has 0 aromatic heterocycles. The van der Waals surface area contributed by atoms with E-state index in [0.29, 0.717) is 6.42 Å². The Kier molecular flexibility index (Phi) is 4.08. The zero-order chi connectivity index (χ0) is 18.3. The van der Waals surface area contributed by atoms with Gasteiger partial charge in [-0.05, 0) is 36.5 Å². The van der Waals surface area contributed by atoms with E-state index < -0.39 is 18.5 Å². The molecule has 132 valence electrons. The van der Waals surface area contributed by atoms with Gasteiger partial charge in [0.2, 0.25) is 0 Å². The molecule has 5 nitrogen and oxygen atoms in total. The van der Waals surface area contributed by atoms with Crippen molar-refractivity contribution in [1.29, 1.82) is 0 Å². The van der Waals surface area contributed by atoms with Gasteiger partial charge in [-0.25, -0.2) is 4.79 Å². The van der Waals surface area contributed by atoms with E-state index in [4.69, 9.17) is 4.65 Å². The normalized spacial score (nSPS) is 20.0. The summed E-state index contributed by atoms with van der Waals surface area (Å²) in [5.41, 5.74) is 1.36. The molecule has 26 heavy (non-hydrogen) atoms. The molecule has 2 N–H and O–H groups in total. The van der Waals surface area contributed by atoms with Crippen LogP contribution in [0.1, 0.15) is 40.7 Å². The molecule has 0 spiro atoms. The SMILES string of the molecule is O=C(O)c1cccc2c1OB(O)[C@@H](CC(=O)C1(c3ccccc3)CC1)C2. The molecule has 6 heteroatoms. The molecule has 1 saturated carbocycles. The molecule has 4 rings (SSSR count). The lowest BCUT2D eigenvalue weighted by atomic mass is 9.63. The van der Waals surface area contributed by atoms with Gasteiger partial charge in [-0.15, -0.1) is 0 Å². The highest BCUT2D eigenvalue weighted by Gasteiger charge is 2.52. The lowest BCUT2D eigenvalue weighted by Gasteiger charge is -2.29. The Morgan fingerprint density at radius 2 is 1.85 bits per heavy atom. The zero-order valence-corrected chi connectivity index (χ0v) is 14.2. The first-order valence-electron chi connectivity index (χ1n) is 8.80. The van der Waals surface area contributed by atoms with Gasteiger partial charge < -0.3 is 14.8 Å². The first-order valence-corrected chi connectivity index (χ1v) is 8.80. The largest absolute Gasteiger partial charge is 0.535 e. The van der Waals surface area contributed by atoms with E-state index in [-0.39, 0.29) is 29.3 Å². The lowest BCUT2D eigenvalue weighted by Crippen LogP contribution is -2.37. The summed E-state index contributed by atoms with van der Waals surface area (Å²) in [6.45, 7) is 0. The summed E-state index contributed by atoms with van der Waals surface area (Å²) in [5.74, 6) is -1.14. The van der Waals surface area contributed by atoms with E-state index in [1.54, 1.807) is 12.1 Å². The van der Waals surface area contributed by atoms with Crippen LogP contribution >= 0.6 is 0 Å². The van der Waals surface area contributed by atoms with Crippen LogP contribution in [0.25, 0.3) is 0 Å². The van der Waals surface area contributed by atoms with Gasteiger partial charge in [0.05, 0.1) is 11.0 Å². The second-order valence-corrected chi connectivity index (χ2v) is 7.15. The summed E-state index contributed by atoms with van der Waals surface area (Å²) < 4.78 is 5.50. The van der Waals surface area contributed by atoms with Gasteiger partial charge in [-0.3, -0.25) is 4.79 Å². The number of carbonyl (C=O) groups is 2. The third-order valence-electron chi connectivity index (χ3n) is 5.51. The highest BCUT2D eigenvalue weighted by Crippen LogP contribution is 2.51. The first-order chi connectivity index (χ1) is 12.5. The van der Waals surface area contributed by atoms with Gasteiger partial charge >= 0.3 is 13.1 Å². The van der Waals surface area contributed by atoms with Crippen LogP contribution in [0.4, 0.5) is 0 Å². The Labute approximate surface area is 151 Å². The van der Waals surface area contributed by atoms with Crippen LogP contribution in [-0.2, 0) is 16.6 Å². The van der Waals surface area contributed by atoms with Crippen LogP contribution in [0.15, 0.2) is 48.5 Å². The minimum atomic E-state index is -1.18. The van der Waals surface area contributed by atoms with Gasteiger partial charge in [-0.2, -0.15) is 0 Å². The molecule has 1 aliphatic carbocycles. The molecule has 1 aliphatic heterocycles. The maximum atomic E-state index is 13.0. The van der Waals surface area contributed by atoms with Crippen molar-refractivity contribution in [2.24, 2.45) is 0 Å². The summed E-state index contributed by atoms with van der Waals surface area (Å²) in [6.07, 6.45) is 2.31. The van der Waals surface area contributed by atoms with E-state index in [1.807, 2.05) is 30.3 Å². The van der Waals surface area contributed by atoms with Crippen LogP contribution in [0, 0.1) is 0 Å². The number of benzene rings is 2. The Bertz CT molecular complexity index is 860. The fourth-order valence-electron chi connectivity index (χ4n) is 3.87. The molecule has 0 radical (unpaired) electrons. The van der Waals surface area contributed by atoms with Crippen molar-refractivity contribution in [2.45, 2.75) is 36.9 Å². The number of carboxylic acids is 1. The minimum Gasteiger partial charge on any atom is -0.535 e. The molecule has 0 saturated heterocycles. The molecule has 0 amide bonds. The minimum absolute atomic E-state index is 0.0364. The zero-order valence-electron chi connectivity index (χ0n) is 14.2. The predicted molar refractivity (Wildman–Crippen MR) is 96.4 cm³/mol. The second kappa shape index (κ2) is 6.29. The van der Waals surface area contributed by atoms with E-state index >= 15 is 0 Å². The van der Waals surface area contributed by atoms with Gasteiger partial charge in [0.15, 0.2) is 0 Å². The molecule has 2 aromatic rings. The van der Waals surface area contributed by atoms with Crippen molar-refractivity contribution < 1.29 is 24.4 Å². The first kappa shape index (κ1) is 16.9. The van der Waals surface area contributed by atoms with Crippen molar-refractivity contribution in [1.82, 2.24) is 0 Å². The van der Waals surface area contributed by atoms with Crippen LogP contribution in [-0.4, -0.2) is 29.0 Å². The Morgan fingerprint density at radius 1 is 1.12 bits per heavy atom. The standard InChI is InChI=1S/C20H19BO5/c22-17(20(9-10-20)14-6-2-1-3-7-14)12-15-11-13-5-4-8-16(19(23)24)18(13)26-21(15)25/h1-8,15,25H,9-12H2,(H,23,24)/t15-/m1/s1. The summed E-state index contributed by atoms with van der Waals surface area (Å²) in [7, 11) is -1.18. The maximum absolute atomic E-state index is 13.0. The van der Waals surface area contributed by atoms with Crippen LogP contribution in [0.3, 0.4) is 0 Å². The van der Waals surface area contributed by atoms with E-state index in [9.17, 15) is 19.7 Å². The summed E-state index contributed by atoms with van der Waals surface area (Å²) >= 11 is 0. The molecule has 2 aliphatic rings. The molecular formula is C20H19BO5. The van der Waals surface area contributed by atoms with Gasteiger partial charge in [0, 0.05) is 12.2 Å². The number of ketones is 1. The maximum Gasteiger partial charge on any atom is 0.526 e. The quantitative estimate of drug-likeness (QED) is 0.810. The molecule has 0 bridgehead atoms. The summed E-state index contributed by atoms with van der Waals surface area (Å²) in [6, 6.07) is 14.7. The van der Waals surface area contributed by atoms with Crippen LogP contribution in [0.2, 0.25) is 5.82 Å². The predicted octanol–water partition coefficient (Wildman–Crippen LogP) is 2.86. The number of rotatable bonds is 5. The molecule has 1 heterocycles. The Balaban J connectivity index is 1.54. The average molecular weight is 350 g/mol.